The Morgan fingerprint density at radius 3 is 0.500 bits per heavy atom. The molecule has 0 aliphatic rings. The first kappa shape index (κ1) is 191. The predicted octanol–water partition coefficient (Wildman–Crippen LogP) is -0.601. The Bertz CT molecular complexity index is 12.4. The molecule has 0 N–H and O–H groups in total. The van der Waals surface area contributed by atoms with Crippen LogP contribution in [0.3, 0.4) is 0 Å². The van der Waals surface area contributed by atoms with Gasteiger partial charge in [-0.25, -0.2) is 0 Å². The van der Waals surface area contributed by atoms with Crippen LogP contribution in [-0.2, 0) is 96.4 Å². The van der Waals surface area contributed by atoms with Crippen molar-refractivity contribution in [2.75, 3.05) is 0 Å². The van der Waals surface area contributed by atoms with Gasteiger partial charge in [-0.2, -0.15) is 0 Å². The van der Waals surface area contributed by atoms with Crippen molar-refractivity contribution in [3.8, 4) is 0 Å². The summed E-state index contributed by atoms with van der Waals surface area (Å²) in [7, 11) is 0. The molecule has 0 aromatic rings. The fourth-order valence-electron chi connectivity index (χ4n) is 0. The third kappa shape index (κ3) is 93.3. The van der Waals surface area contributed by atoms with E-state index in [9.17, 15) is 0 Å². The summed E-state index contributed by atoms with van der Waals surface area (Å²) in [6, 6.07) is 0. The molecule has 0 heterocycles. The van der Waals surface area contributed by atoms with Gasteiger partial charge in [0.1, 0.15) is 0 Å². The molecule has 0 unspecified atom stereocenters. The maximum atomic E-state index is 0. The van der Waals surface area contributed by atoms with Crippen molar-refractivity contribution in [1.29, 1.82) is 0 Å². The summed E-state index contributed by atoms with van der Waals surface area (Å²) in [6.45, 7) is 0. The summed E-state index contributed by atoms with van der Waals surface area (Å²) in [6.07, 6.45) is 0. The SMILES string of the molecule is [O-2].[O-2].[O-2].[O-2].[O-2].[Pt+2].[Ti+4].[Zr+4]. The van der Waals surface area contributed by atoms with Gasteiger partial charge in [-0.3, -0.25) is 0 Å². The predicted molar refractivity (Wildman–Crippen MR) is 3.43 cm³/mol. The van der Waals surface area contributed by atoms with Gasteiger partial charge in [-0.05, 0) is 0 Å². The van der Waals surface area contributed by atoms with E-state index in [2.05, 4.69) is 0 Å². The molecule has 0 aliphatic carbocycles. The minimum absolute atomic E-state index is 0. The van der Waals surface area contributed by atoms with Gasteiger partial charge in [0.2, 0.25) is 0 Å². The largest absolute Gasteiger partial charge is 4.00 e. The van der Waals surface area contributed by atoms with Gasteiger partial charge in [0.15, 0.2) is 0 Å². The van der Waals surface area contributed by atoms with Gasteiger partial charge in [-0.15, -0.1) is 0 Å². The van der Waals surface area contributed by atoms with Crippen LogP contribution in [0.25, 0.3) is 0 Å². The minimum Gasteiger partial charge on any atom is -2.00 e. The first-order chi connectivity index (χ1) is 0. The van der Waals surface area contributed by atoms with Crippen LogP contribution >= 0.6 is 0 Å². The Hall–Kier alpha value is 2.09. The van der Waals surface area contributed by atoms with Crippen LogP contribution in [0.5, 0.6) is 0 Å². The molecule has 0 rings (SSSR count). The van der Waals surface area contributed by atoms with Crippen LogP contribution in [0, 0.1) is 0 Å². The molecule has 0 saturated heterocycles. The van der Waals surface area contributed by atoms with Gasteiger partial charge < -0.3 is 27.4 Å². The van der Waals surface area contributed by atoms with Gasteiger partial charge in [0.25, 0.3) is 0 Å². The average Bonchev–Trinajstić information content (AvgIpc) is 0. The third-order valence-electron chi connectivity index (χ3n) is 0. The van der Waals surface area contributed by atoms with Crippen LogP contribution in [0.4, 0.5) is 0 Å². The first-order valence-electron chi connectivity index (χ1n) is 0. The van der Waals surface area contributed by atoms with Crippen LogP contribution in [0.2, 0.25) is 0 Å². The van der Waals surface area contributed by atoms with E-state index in [1.54, 1.807) is 0 Å². The Balaban J connectivity index is 0. The zero-order valence-electron chi connectivity index (χ0n) is 3.36. The Morgan fingerprint density at radius 2 is 0.500 bits per heavy atom. The van der Waals surface area contributed by atoms with E-state index < -0.39 is 0 Å². The van der Waals surface area contributed by atoms with E-state index in [-0.39, 0.29) is 96.4 Å². The molecular formula is O5PtTiZr. The third-order valence-corrected chi connectivity index (χ3v) is 0. The van der Waals surface area contributed by atoms with Gasteiger partial charge in [-0.1, -0.05) is 0 Å². The maximum absolute atomic E-state index is 0. The molecule has 0 spiro atoms. The molecule has 0 atom stereocenters. The quantitative estimate of drug-likeness (QED) is 0.467. The number of hydrogen-bond donors (Lipinski definition) is 0. The second-order valence-electron chi connectivity index (χ2n) is 0. The molecule has 48 valence electrons. The van der Waals surface area contributed by atoms with E-state index in [0.29, 0.717) is 0 Å². The minimum atomic E-state index is 0. The molecule has 8 heavy (non-hydrogen) atoms. The van der Waals surface area contributed by atoms with Crippen molar-refractivity contribution in [3.63, 3.8) is 0 Å². The van der Waals surface area contributed by atoms with Crippen molar-refractivity contribution in [3.05, 3.63) is 0 Å². The maximum Gasteiger partial charge on any atom is 4.00 e. The van der Waals surface area contributed by atoms with Crippen molar-refractivity contribution in [2.24, 2.45) is 0 Å². The number of rotatable bonds is 0. The molecule has 0 bridgehead atoms. The zero-order chi connectivity index (χ0) is 0. The van der Waals surface area contributed by atoms with Gasteiger partial charge in [0.05, 0.1) is 0 Å². The molecule has 0 saturated carbocycles. The Morgan fingerprint density at radius 1 is 0.500 bits per heavy atom. The Kier molecular flexibility index (Phi) is 3270. The zero-order valence-corrected chi connectivity index (χ0v) is 9.65. The Labute approximate surface area is 95.4 Å². The van der Waals surface area contributed by atoms with Crippen molar-refractivity contribution in [2.45, 2.75) is 0 Å². The summed E-state index contributed by atoms with van der Waals surface area (Å²) in [5.41, 5.74) is 0. The summed E-state index contributed by atoms with van der Waals surface area (Å²) < 4.78 is 0. The molecule has 8 heteroatoms. The van der Waals surface area contributed by atoms with Crippen LogP contribution in [-0.4, -0.2) is 0 Å². The van der Waals surface area contributed by atoms with E-state index in [1.807, 2.05) is 0 Å². The molecule has 0 aromatic heterocycles. The van der Waals surface area contributed by atoms with Crippen molar-refractivity contribution >= 4 is 0 Å². The van der Waals surface area contributed by atoms with E-state index in [0.717, 1.165) is 0 Å². The molecule has 0 aliphatic heterocycles. The van der Waals surface area contributed by atoms with E-state index >= 15 is 0 Å². The second kappa shape index (κ2) is 137. The fraction of sp³-hybridized carbons (Fsp3) is 0. The second-order valence-corrected chi connectivity index (χ2v) is 0. The molecule has 0 aromatic carbocycles. The first-order valence-corrected chi connectivity index (χ1v) is 0. The van der Waals surface area contributed by atoms with Crippen LogP contribution in [0.15, 0.2) is 0 Å². The summed E-state index contributed by atoms with van der Waals surface area (Å²) in [4.78, 5) is 0. The van der Waals surface area contributed by atoms with Gasteiger partial charge >= 0.3 is 69.0 Å². The molecule has 0 amide bonds. The van der Waals surface area contributed by atoms with Crippen LogP contribution in [0.1, 0.15) is 0 Å². The summed E-state index contributed by atoms with van der Waals surface area (Å²) in [5.74, 6) is 0. The summed E-state index contributed by atoms with van der Waals surface area (Å²) in [5, 5.41) is 0. The summed E-state index contributed by atoms with van der Waals surface area (Å²) >= 11 is 0. The van der Waals surface area contributed by atoms with Crippen molar-refractivity contribution < 1.29 is 96.4 Å². The van der Waals surface area contributed by atoms with Crippen LogP contribution < -0.4 is 0 Å². The fourth-order valence-corrected chi connectivity index (χ4v) is 0. The number of hydrogen-bond acceptors (Lipinski definition) is 0. The van der Waals surface area contributed by atoms with Gasteiger partial charge in [0, 0.05) is 0 Å². The normalized spacial score (nSPS) is 0. The molecular weight excluding hydrogens is 414 g/mol. The topological polar surface area (TPSA) is 142 Å². The van der Waals surface area contributed by atoms with E-state index in [4.69, 9.17) is 0 Å². The molecule has 0 radical (unpaired) electrons. The average molecular weight is 414 g/mol. The van der Waals surface area contributed by atoms with E-state index in [1.165, 1.54) is 0 Å². The standard InChI is InChI=1S/5O.Pt.Ti.Zr/q5*-2;+2;2*+4. The molecule has 5 nitrogen and oxygen atoms in total. The smallest absolute Gasteiger partial charge is 2.00 e. The van der Waals surface area contributed by atoms with Crippen molar-refractivity contribution in [1.82, 2.24) is 0 Å². The monoisotopic (exact) mass is 413 g/mol. The molecule has 0 fully saturated rings.